The van der Waals surface area contributed by atoms with E-state index in [2.05, 4.69) is 10.3 Å². The molecule has 0 aliphatic heterocycles. The molecule has 0 aliphatic rings. The van der Waals surface area contributed by atoms with Crippen molar-refractivity contribution in [1.82, 2.24) is 4.98 Å². The minimum Gasteiger partial charge on any atom is -0.322 e. The van der Waals surface area contributed by atoms with Gasteiger partial charge < -0.3 is 5.32 Å². The summed E-state index contributed by atoms with van der Waals surface area (Å²) in [7, 11) is 0. The SMILES string of the molecule is Cc1ccc(NC(=O)c2cccnc2Sc2ccccc2)cc1C(F)(F)F. The first kappa shape index (κ1) is 19.0. The van der Waals surface area contributed by atoms with Crippen LogP contribution in [0, 0.1) is 6.92 Å². The van der Waals surface area contributed by atoms with E-state index in [0.717, 1.165) is 11.0 Å². The Kier molecular flexibility index (Phi) is 5.51. The molecular formula is C20H15F3N2OS. The van der Waals surface area contributed by atoms with Crippen LogP contribution in [0.4, 0.5) is 18.9 Å². The summed E-state index contributed by atoms with van der Waals surface area (Å²) in [6.45, 7) is 1.38. The van der Waals surface area contributed by atoms with Crippen LogP contribution in [0.5, 0.6) is 0 Å². The van der Waals surface area contributed by atoms with Crippen LogP contribution in [0.3, 0.4) is 0 Å². The summed E-state index contributed by atoms with van der Waals surface area (Å²) in [4.78, 5) is 17.8. The molecule has 0 bridgehead atoms. The molecule has 0 radical (unpaired) electrons. The zero-order valence-corrected chi connectivity index (χ0v) is 15.1. The number of alkyl halides is 3. The smallest absolute Gasteiger partial charge is 0.322 e. The summed E-state index contributed by atoms with van der Waals surface area (Å²) < 4.78 is 39.2. The van der Waals surface area contributed by atoms with Crippen molar-refractivity contribution in [2.75, 3.05) is 5.32 Å². The quantitative estimate of drug-likeness (QED) is 0.613. The number of halogens is 3. The van der Waals surface area contributed by atoms with Gasteiger partial charge in [0.25, 0.3) is 5.91 Å². The Hall–Kier alpha value is -2.80. The van der Waals surface area contributed by atoms with Gasteiger partial charge in [-0.15, -0.1) is 0 Å². The highest BCUT2D eigenvalue weighted by atomic mass is 32.2. The van der Waals surface area contributed by atoms with E-state index in [1.54, 1.807) is 18.3 Å². The molecule has 1 aromatic heterocycles. The van der Waals surface area contributed by atoms with Crippen molar-refractivity contribution in [1.29, 1.82) is 0 Å². The summed E-state index contributed by atoms with van der Waals surface area (Å²) in [5, 5.41) is 3.01. The summed E-state index contributed by atoms with van der Waals surface area (Å²) in [6.07, 6.45) is -2.91. The Morgan fingerprint density at radius 2 is 1.78 bits per heavy atom. The van der Waals surface area contributed by atoms with Crippen molar-refractivity contribution >= 4 is 23.4 Å². The fourth-order valence-corrected chi connectivity index (χ4v) is 3.35. The summed E-state index contributed by atoms with van der Waals surface area (Å²) in [5.41, 5.74) is -0.300. The molecule has 0 saturated heterocycles. The Morgan fingerprint density at radius 1 is 1.04 bits per heavy atom. The van der Waals surface area contributed by atoms with Gasteiger partial charge in [-0.2, -0.15) is 13.2 Å². The normalized spacial score (nSPS) is 11.3. The van der Waals surface area contributed by atoms with E-state index in [4.69, 9.17) is 0 Å². The van der Waals surface area contributed by atoms with Gasteiger partial charge in [-0.05, 0) is 48.9 Å². The first-order valence-electron chi connectivity index (χ1n) is 8.02. The molecule has 1 heterocycles. The van der Waals surface area contributed by atoms with Gasteiger partial charge in [0.15, 0.2) is 0 Å². The molecule has 0 fully saturated rings. The predicted octanol–water partition coefficient (Wildman–Crippen LogP) is 5.81. The first-order valence-corrected chi connectivity index (χ1v) is 8.83. The van der Waals surface area contributed by atoms with Crippen LogP contribution < -0.4 is 5.32 Å². The minimum atomic E-state index is -4.48. The van der Waals surface area contributed by atoms with E-state index in [1.165, 1.54) is 30.8 Å². The molecule has 27 heavy (non-hydrogen) atoms. The lowest BCUT2D eigenvalue weighted by molar-refractivity contribution is -0.138. The number of aryl methyl sites for hydroxylation is 1. The molecule has 3 nitrogen and oxygen atoms in total. The largest absolute Gasteiger partial charge is 0.416 e. The van der Waals surface area contributed by atoms with Crippen LogP contribution in [0.1, 0.15) is 21.5 Å². The second-order valence-electron chi connectivity index (χ2n) is 5.75. The number of carbonyl (C=O) groups is 1. The molecule has 0 spiro atoms. The van der Waals surface area contributed by atoms with Crippen molar-refractivity contribution in [3.05, 3.63) is 83.6 Å². The molecule has 2 aromatic carbocycles. The number of carbonyl (C=O) groups excluding carboxylic acids is 1. The predicted molar refractivity (Wildman–Crippen MR) is 98.9 cm³/mol. The lowest BCUT2D eigenvalue weighted by Gasteiger charge is -2.13. The van der Waals surface area contributed by atoms with Crippen LogP contribution in [0.25, 0.3) is 0 Å². The molecule has 3 rings (SSSR count). The molecule has 0 aliphatic carbocycles. The average Bonchev–Trinajstić information content (AvgIpc) is 2.63. The zero-order valence-electron chi connectivity index (χ0n) is 14.2. The third-order valence-electron chi connectivity index (χ3n) is 3.77. The second-order valence-corrected chi connectivity index (χ2v) is 6.82. The van der Waals surface area contributed by atoms with Gasteiger partial charge >= 0.3 is 6.18 Å². The number of anilines is 1. The van der Waals surface area contributed by atoms with Crippen LogP contribution in [0.2, 0.25) is 0 Å². The maximum atomic E-state index is 13.1. The van der Waals surface area contributed by atoms with Crippen molar-refractivity contribution in [2.24, 2.45) is 0 Å². The standard InChI is InChI=1S/C20H15F3N2OS/c1-13-9-10-14(12-17(13)20(21,22)23)25-18(26)16-8-5-11-24-19(16)27-15-6-3-2-4-7-15/h2-12H,1H3,(H,25,26). The van der Waals surface area contributed by atoms with Crippen molar-refractivity contribution < 1.29 is 18.0 Å². The third-order valence-corrected chi connectivity index (χ3v) is 4.80. The second kappa shape index (κ2) is 7.84. The van der Waals surface area contributed by atoms with E-state index in [1.807, 2.05) is 30.3 Å². The fourth-order valence-electron chi connectivity index (χ4n) is 2.45. The molecule has 1 N–H and O–H groups in total. The topological polar surface area (TPSA) is 42.0 Å². The number of amides is 1. The molecule has 1 amide bonds. The molecule has 3 aromatic rings. The Bertz CT molecular complexity index is 959. The first-order chi connectivity index (χ1) is 12.8. The van der Waals surface area contributed by atoms with E-state index < -0.39 is 17.6 Å². The van der Waals surface area contributed by atoms with E-state index >= 15 is 0 Å². The molecule has 0 atom stereocenters. The summed E-state index contributed by atoms with van der Waals surface area (Å²) in [6, 6.07) is 16.3. The third kappa shape index (κ3) is 4.68. The van der Waals surface area contributed by atoms with Gasteiger partial charge in [-0.3, -0.25) is 4.79 Å². The Morgan fingerprint density at radius 3 is 2.48 bits per heavy atom. The van der Waals surface area contributed by atoms with Gasteiger partial charge in [0.2, 0.25) is 0 Å². The van der Waals surface area contributed by atoms with E-state index in [-0.39, 0.29) is 11.3 Å². The van der Waals surface area contributed by atoms with Crippen LogP contribution in [-0.4, -0.2) is 10.9 Å². The average molecular weight is 388 g/mol. The number of rotatable bonds is 4. The van der Waals surface area contributed by atoms with E-state index in [0.29, 0.717) is 10.6 Å². The number of hydrogen-bond acceptors (Lipinski definition) is 3. The summed E-state index contributed by atoms with van der Waals surface area (Å²) >= 11 is 1.31. The molecular weight excluding hydrogens is 373 g/mol. The number of nitrogens with one attached hydrogen (secondary N) is 1. The number of aromatic nitrogens is 1. The highest BCUT2D eigenvalue weighted by Gasteiger charge is 2.32. The van der Waals surface area contributed by atoms with Gasteiger partial charge in [0.1, 0.15) is 5.03 Å². The molecule has 138 valence electrons. The minimum absolute atomic E-state index is 0.0810. The van der Waals surface area contributed by atoms with Gasteiger partial charge in [0.05, 0.1) is 11.1 Å². The van der Waals surface area contributed by atoms with Crippen LogP contribution in [-0.2, 0) is 6.18 Å². The van der Waals surface area contributed by atoms with Crippen LogP contribution >= 0.6 is 11.8 Å². The van der Waals surface area contributed by atoms with E-state index in [9.17, 15) is 18.0 Å². The van der Waals surface area contributed by atoms with Crippen LogP contribution in [0.15, 0.2) is 76.8 Å². The lowest BCUT2D eigenvalue weighted by atomic mass is 10.1. The number of hydrogen-bond donors (Lipinski definition) is 1. The molecule has 7 heteroatoms. The molecule has 0 unspecified atom stereocenters. The maximum Gasteiger partial charge on any atom is 0.416 e. The van der Waals surface area contributed by atoms with Gasteiger partial charge in [0, 0.05) is 16.8 Å². The monoisotopic (exact) mass is 388 g/mol. The highest BCUT2D eigenvalue weighted by Crippen LogP contribution is 2.34. The fraction of sp³-hybridized carbons (Fsp3) is 0.100. The highest BCUT2D eigenvalue weighted by molar-refractivity contribution is 7.99. The molecule has 0 saturated carbocycles. The van der Waals surface area contributed by atoms with Crippen molar-refractivity contribution in [2.45, 2.75) is 23.0 Å². The number of pyridine rings is 1. The van der Waals surface area contributed by atoms with Crippen molar-refractivity contribution in [3.63, 3.8) is 0 Å². The van der Waals surface area contributed by atoms with Gasteiger partial charge in [-0.25, -0.2) is 4.98 Å². The number of nitrogens with zero attached hydrogens (tertiary/aromatic N) is 1. The number of benzene rings is 2. The maximum absolute atomic E-state index is 13.1. The summed E-state index contributed by atoms with van der Waals surface area (Å²) in [5.74, 6) is -0.515. The van der Waals surface area contributed by atoms with Gasteiger partial charge in [-0.1, -0.05) is 36.0 Å². The zero-order chi connectivity index (χ0) is 19.4. The Balaban J connectivity index is 1.85. The lowest BCUT2D eigenvalue weighted by Crippen LogP contribution is -2.15. The van der Waals surface area contributed by atoms with Crippen molar-refractivity contribution in [3.8, 4) is 0 Å². The Labute approximate surface area is 158 Å².